The zero-order valence-corrected chi connectivity index (χ0v) is 17.8. The van der Waals surface area contributed by atoms with E-state index in [0.717, 1.165) is 28.7 Å². The van der Waals surface area contributed by atoms with Gasteiger partial charge in [-0.05, 0) is 31.2 Å². The van der Waals surface area contributed by atoms with Gasteiger partial charge in [0.15, 0.2) is 11.0 Å². The number of carbonyl (C=O) groups is 2. The zero-order chi connectivity index (χ0) is 19.5. The molecule has 1 aliphatic heterocycles. The number of aromatic nitrogens is 3. The maximum atomic E-state index is 12.2. The van der Waals surface area contributed by atoms with Gasteiger partial charge >= 0.3 is 5.97 Å². The third kappa shape index (κ3) is 4.28. The summed E-state index contributed by atoms with van der Waals surface area (Å²) in [5, 5.41) is 12.4. The van der Waals surface area contributed by atoms with E-state index < -0.39 is 5.97 Å². The SMILES string of the molecule is CCOC(=O)C=C1SCC(=O)N1CCSc1nnc(-c2cccs2)n1C1CC1. The van der Waals surface area contributed by atoms with Crippen molar-refractivity contribution < 1.29 is 14.3 Å². The lowest BCUT2D eigenvalue weighted by molar-refractivity contribution is -0.137. The molecule has 0 aromatic carbocycles. The molecular weight excluding hydrogens is 416 g/mol. The molecule has 1 aliphatic carbocycles. The molecule has 0 radical (unpaired) electrons. The van der Waals surface area contributed by atoms with Crippen LogP contribution in [-0.2, 0) is 14.3 Å². The van der Waals surface area contributed by atoms with Crippen molar-refractivity contribution in [3.8, 4) is 10.7 Å². The molecule has 1 amide bonds. The lowest BCUT2D eigenvalue weighted by Crippen LogP contribution is -2.27. The molecule has 2 fully saturated rings. The van der Waals surface area contributed by atoms with Crippen molar-refractivity contribution in [3.63, 3.8) is 0 Å². The van der Waals surface area contributed by atoms with Crippen LogP contribution in [0.4, 0.5) is 0 Å². The number of amides is 1. The fourth-order valence-corrected chi connectivity index (χ4v) is 5.48. The van der Waals surface area contributed by atoms with E-state index in [0.29, 0.717) is 35.7 Å². The maximum Gasteiger partial charge on any atom is 0.333 e. The minimum atomic E-state index is -0.411. The second-order valence-electron chi connectivity index (χ2n) is 6.30. The van der Waals surface area contributed by atoms with Gasteiger partial charge in [0.25, 0.3) is 0 Å². The monoisotopic (exact) mass is 436 g/mol. The Balaban J connectivity index is 1.42. The van der Waals surface area contributed by atoms with Crippen LogP contribution in [0.2, 0.25) is 0 Å². The van der Waals surface area contributed by atoms with E-state index in [1.54, 1.807) is 34.9 Å². The molecule has 0 spiro atoms. The minimum absolute atomic E-state index is 0.0177. The third-order valence-corrected chi connectivity index (χ3v) is 7.12. The highest BCUT2D eigenvalue weighted by atomic mass is 32.2. The second kappa shape index (κ2) is 8.71. The van der Waals surface area contributed by atoms with Crippen molar-refractivity contribution in [2.24, 2.45) is 0 Å². The molecule has 0 N–H and O–H groups in total. The number of esters is 1. The van der Waals surface area contributed by atoms with Crippen LogP contribution in [0.1, 0.15) is 25.8 Å². The van der Waals surface area contributed by atoms with Gasteiger partial charge in [-0.15, -0.1) is 21.5 Å². The number of carbonyl (C=O) groups excluding carboxylic acids is 2. The van der Waals surface area contributed by atoms with Crippen LogP contribution in [0.3, 0.4) is 0 Å². The second-order valence-corrected chi connectivity index (χ2v) is 9.31. The van der Waals surface area contributed by atoms with Gasteiger partial charge in [0.05, 0.1) is 28.3 Å². The number of hydrogen-bond donors (Lipinski definition) is 0. The molecule has 3 heterocycles. The number of nitrogens with zero attached hydrogens (tertiary/aromatic N) is 4. The molecule has 148 valence electrons. The van der Waals surface area contributed by atoms with Crippen molar-refractivity contribution in [1.29, 1.82) is 0 Å². The van der Waals surface area contributed by atoms with Crippen LogP contribution < -0.4 is 0 Å². The van der Waals surface area contributed by atoms with Gasteiger partial charge < -0.3 is 9.64 Å². The molecule has 1 saturated heterocycles. The van der Waals surface area contributed by atoms with E-state index in [1.807, 2.05) is 11.4 Å². The molecule has 10 heteroatoms. The van der Waals surface area contributed by atoms with E-state index in [2.05, 4.69) is 20.8 Å². The summed E-state index contributed by atoms with van der Waals surface area (Å²) < 4.78 is 7.18. The fraction of sp³-hybridized carbons (Fsp3) is 0.444. The standard InChI is InChI=1S/C18H20N4O3S3/c1-2-25-16(24)10-15-21(14(23)11-28-15)7-9-27-18-20-19-17(13-4-3-8-26-13)22(18)12-5-6-12/h3-4,8,10,12H,2,5-7,9,11H2,1H3. The van der Waals surface area contributed by atoms with Gasteiger partial charge in [-0.2, -0.15) is 0 Å². The molecular formula is C18H20N4O3S3. The van der Waals surface area contributed by atoms with Crippen molar-refractivity contribution >= 4 is 46.7 Å². The van der Waals surface area contributed by atoms with Crippen molar-refractivity contribution in [3.05, 3.63) is 28.6 Å². The number of thiophene rings is 1. The van der Waals surface area contributed by atoms with E-state index in [9.17, 15) is 9.59 Å². The summed E-state index contributed by atoms with van der Waals surface area (Å²) in [7, 11) is 0. The summed E-state index contributed by atoms with van der Waals surface area (Å²) in [4.78, 5) is 26.7. The maximum absolute atomic E-state index is 12.2. The van der Waals surface area contributed by atoms with Crippen molar-refractivity contribution in [1.82, 2.24) is 19.7 Å². The number of ether oxygens (including phenoxy) is 1. The van der Waals surface area contributed by atoms with Crippen LogP contribution >= 0.6 is 34.9 Å². The first kappa shape index (κ1) is 19.5. The molecule has 28 heavy (non-hydrogen) atoms. The zero-order valence-electron chi connectivity index (χ0n) is 15.4. The van der Waals surface area contributed by atoms with Gasteiger partial charge in [-0.3, -0.25) is 9.36 Å². The first-order valence-corrected chi connectivity index (χ1v) is 12.0. The Morgan fingerprint density at radius 2 is 2.29 bits per heavy atom. The summed E-state index contributed by atoms with van der Waals surface area (Å²) in [6, 6.07) is 4.55. The molecule has 0 unspecified atom stereocenters. The molecule has 4 rings (SSSR count). The molecule has 2 aromatic heterocycles. The highest BCUT2D eigenvalue weighted by Gasteiger charge is 2.31. The van der Waals surface area contributed by atoms with Gasteiger partial charge in [0.2, 0.25) is 5.91 Å². The highest BCUT2D eigenvalue weighted by molar-refractivity contribution is 8.04. The fourth-order valence-electron chi connectivity index (χ4n) is 2.89. The Labute approximate surface area is 175 Å². The Bertz CT molecular complexity index is 890. The Morgan fingerprint density at radius 3 is 3.00 bits per heavy atom. The molecule has 0 atom stereocenters. The summed E-state index contributed by atoms with van der Waals surface area (Å²) >= 11 is 4.64. The topological polar surface area (TPSA) is 77.3 Å². The van der Waals surface area contributed by atoms with E-state index in [4.69, 9.17) is 4.74 Å². The predicted octanol–water partition coefficient (Wildman–Crippen LogP) is 3.41. The molecule has 7 nitrogen and oxygen atoms in total. The van der Waals surface area contributed by atoms with Crippen LogP contribution in [0.15, 0.2) is 33.8 Å². The third-order valence-electron chi connectivity index (χ3n) is 4.30. The summed E-state index contributed by atoms with van der Waals surface area (Å²) in [6.07, 6.45) is 3.71. The quantitative estimate of drug-likeness (QED) is 0.356. The molecule has 2 aromatic rings. The van der Waals surface area contributed by atoms with Crippen molar-refractivity contribution in [2.45, 2.75) is 31.0 Å². The van der Waals surface area contributed by atoms with E-state index >= 15 is 0 Å². The highest BCUT2D eigenvalue weighted by Crippen LogP contribution is 2.41. The summed E-state index contributed by atoms with van der Waals surface area (Å²) in [5.41, 5.74) is 0. The van der Waals surface area contributed by atoms with E-state index in [-0.39, 0.29) is 5.91 Å². The lowest BCUT2D eigenvalue weighted by Gasteiger charge is -2.16. The first-order valence-electron chi connectivity index (χ1n) is 9.10. The largest absolute Gasteiger partial charge is 0.463 e. The normalized spacial score (nSPS) is 18.2. The lowest BCUT2D eigenvalue weighted by atomic mass is 10.4. The van der Waals surface area contributed by atoms with Gasteiger partial charge in [0.1, 0.15) is 0 Å². The van der Waals surface area contributed by atoms with Crippen LogP contribution in [0.5, 0.6) is 0 Å². The smallest absolute Gasteiger partial charge is 0.333 e. The predicted molar refractivity (Wildman–Crippen MR) is 111 cm³/mol. The number of rotatable bonds is 8. The van der Waals surface area contributed by atoms with E-state index in [1.165, 1.54) is 17.8 Å². The summed E-state index contributed by atoms with van der Waals surface area (Å²) in [6.45, 7) is 2.60. The minimum Gasteiger partial charge on any atom is -0.463 e. The first-order chi connectivity index (χ1) is 13.7. The van der Waals surface area contributed by atoms with Gasteiger partial charge in [0, 0.05) is 18.3 Å². The van der Waals surface area contributed by atoms with Crippen LogP contribution in [0.25, 0.3) is 10.7 Å². The molecule has 1 saturated carbocycles. The Hall–Kier alpha value is -1.78. The van der Waals surface area contributed by atoms with Gasteiger partial charge in [-0.25, -0.2) is 4.79 Å². The van der Waals surface area contributed by atoms with Crippen molar-refractivity contribution in [2.75, 3.05) is 24.7 Å². The molecule has 0 bridgehead atoms. The Morgan fingerprint density at radius 1 is 1.43 bits per heavy atom. The van der Waals surface area contributed by atoms with Crippen LogP contribution in [0, 0.1) is 0 Å². The summed E-state index contributed by atoms with van der Waals surface area (Å²) in [5.74, 6) is 1.57. The Kier molecular flexibility index (Phi) is 6.07. The number of thioether (sulfide) groups is 2. The van der Waals surface area contributed by atoms with Crippen LogP contribution in [-0.4, -0.2) is 56.2 Å². The molecule has 2 aliphatic rings. The average Bonchev–Trinajstić information content (AvgIpc) is 3.05. The average molecular weight is 437 g/mol. The number of hydrogen-bond acceptors (Lipinski definition) is 8. The van der Waals surface area contributed by atoms with Gasteiger partial charge in [-0.1, -0.05) is 29.6 Å².